The van der Waals surface area contributed by atoms with Gasteiger partial charge in [0.25, 0.3) is 0 Å². The molecule has 1 aromatic carbocycles. The number of anilines is 3. The summed E-state index contributed by atoms with van der Waals surface area (Å²) in [7, 11) is 0. The van der Waals surface area contributed by atoms with E-state index in [1.165, 1.54) is 30.3 Å². The first-order valence-electron chi connectivity index (χ1n) is 6.12. The molecule has 2 rings (SSSR count). The Labute approximate surface area is 128 Å². The number of rotatable bonds is 5. The van der Waals surface area contributed by atoms with Gasteiger partial charge in [-0.25, -0.2) is 9.37 Å². The van der Waals surface area contributed by atoms with E-state index in [0.29, 0.717) is 22.5 Å². The second-order valence-electron chi connectivity index (χ2n) is 4.10. The quantitative estimate of drug-likeness (QED) is 0.624. The predicted octanol–water partition coefficient (Wildman–Crippen LogP) is 4.07. The van der Waals surface area contributed by atoms with Crippen molar-refractivity contribution in [3.8, 4) is 0 Å². The summed E-state index contributed by atoms with van der Waals surface area (Å²) in [5.74, 6) is 0.0917. The first-order valence-corrected chi connectivity index (χ1v) is 6.92. The van der Waals surface area contributed by atoms with E-state index in [1.54, 1.807) is 0 Å². The van der Waals surface area contributed by atoms with Crippen LogP contribution in [0.2, 0.25) is 0 Å². The van der Waals surface area contributed by atoms with Crippen LogP contribution < -0.4 is 10.6 Å². The molecule has 8 heteroatoms. The molecule has 0 saturated heterocycles. The van der Waals surface area contributed by atoms with Crippen LogP contribution in [-0.2, 0) is 0 Å². The molecule has 110 valence electrons. The van der Waals surface area contributed by atoms with Crippen LogP contribution in [0.3, 0.4) is 0 Å². The summed E-state index contributed by atoms with van der Waals surface area (Å²) >= 11 is 3.26. The Morgan fingerprint density at radius 3 is 2.81 bits per heavy atom. The molecule has 1 heterocycles. The molecule has 21 heavy (non-hydrogen) atoms. The maximum absolute atomic E-state index is 13.3. The van der Waals surface area contributed by atoms with Gasteiger partial charge in [-0.05, 0) is 47.1 Å². The van der Waals surface area contributed by atoms with E-state index in [0.717, 1.165) is 0 Å². The first-order chi connectivity index (χ1) is 10.0. The highest BCUT2D eigenvalue weighted by molar-refractivity contribution is 9.10. The lowest BCUT2D eigenvalue weighted by Gasteiger charge is -2.10. The van der Waals surface area contributed by atoms with E-state index in [9.17, 15) is 14.5 Å². The van der Waals surface area contributed by atoms with Crippen LogP contribution in [-0.4, -0.2) is 16.5 Å². The topological polar surface area (TPSA) is 80.1 Å². The normalized spacial score (nSPS) is 10.2. The first kappa shape index (κ1) is 15.2. The molecule has 0 aliphatic heterocycles. The van der Waals surface area contributed by atoms with E-state index >= 15 is 0 Å². The molecular weight excluding hydrogens is 343 g/mol. The molecule has 0 bridgehead atoms. The van der Waals surface area contributed by atoms with Gasteiger partial charge in [-0.1, -0.05) is 0 Å². The van der Waals surface area contributed by atoms with Gasteiger partial charge in [0.2, 0.25) is 5.82 Å². The molecule has 0 atom stereocenters. The monoisotopic (exact) mass is 354 g/mol. The molecule has 0 unspecified atom stereocenters. The van der Waals surface area contributed by atoms with Crippen molar-refractivity contribution in [3.63, 3.8) is 0 Å². The van der Waals surface area contributed by atoms with Gasteiger partial charge >= 0.3 is 5.69 Å². The molecule has 1 aromatic heterocycles. The molecule has 0 fully saturated rings. The standard InChI is InChI=1S/C13H12BrFN4O2/c1-2-16-12-6-5-11(19(20)21)13(18-12)17-10-7-8(15)3-4-9(10)14/h3-7H,2H2,1H3,(H2,16,17,18). The third-order valence-corrected chi connectivity index (χ3v) is 3.30. The summed E-state index contributed by atoms with van der Waals surface area (Å²) in [6.07, 6.45) is 0. The largest absolute Gasteiger partial charge is 0.370 e. The number of aromatic nitrogens is 1. The molecular formula is C13H12BrFN4O2. The maximum atomic E-state index is 13.3. The molecule has 0 radical (unpaired) electrons. The van der Waals surface area contributed by atoms with Crippen molar-refractivity contribution in [2.24, 2.45) is 0 Å². The zero-order valence-corrected chi connectivity index (χ0v) is 12.6. The van der Waals surface area contributed by atoms with E-state index in [1.807, 2.05) is 6.92 Å². The molecule has 0 spiro atoms. The van der Waals surface area contributed by atoms with Crippen molar-refractivity contribution >= 4 is 38.9 Å². The fourth-order valence-electron chi connectivity index (χ4n) is 1.69. The van der Waals surface area contributed by atoms with Crippen molar-refractivity contribution in [3.05, 3.63) is 50.7 Å². The number of hydrogen-bond acceptors (Lipinski definition) is 5. The fraction of sp³-hybridized carbons (Fsp3) is 0.154. The van der Waals surface area contributed by atoms with Crippen LogP contribution in [0.5, 0.6) is 0 Å². The van der Waals surface area contributed by atoms with Crippen molar-refractivity contribution in [1.29, 1.82) is 0 Å². The van der Waals surface area contributed by atoms with Gasteiger partial charge in [-0.15, -0.1) is 0 Å². The lowest BCUT2D eigenvalue weighted by molar-refractivity contribution is -0.384. The minimum atomic E-state index is -0.543. The van der Waals surface area contributed by atoms with Gasteiger partial charge in [-0.2, -0.15) is 0 Å². The van der Waals surface area contributed by atoms with Crippen molar-refractivity contribution < 1.29 is 9.31 Å². The van der Waals surface area contributed by atoms with Crippen LogP contribution in [0.15, 0.2) is 34.8 Å². The number of hydrogen-bond donors (Lipinski definition) is 2. The van der Waals surface area contributed by atoms with Crippen molar-refractivity contribution in [2.45, 2.75) is 6.92 Å². The van der Waals surface area contributed by atoms with Crippen LogP contribution in [0.4, 0.5) is 27.4 Å². The number of pyridine rings is 1. The number of nitro groups is 1. The lowest BCUT2D eigenvalue weighted by atomic mass is 10.3. The van der Waals surface area contributed by atoms with Crippen molar-refractivity contribution in [2.75, 3.05) is 17.2 Å². The Morgan fingerprint density at radius 2 is 2.14 bits per heavy atom. The Morgan fingerprint density at radius 1 is 1.38 bits per heavy atom. The summed E-state index contributed by atoms with van der Waals surface area (Å²) in [4.78, 5) is 14.7. The number of benzene rings is 1. The number of halogens is 2. The third kappa shape index (κ3) is 3.66. The molecule has 0 saturated carbocycles. The second kappa shape index (κ2) is 6.49. The average molecular weight is 355 g/mol. The van der Waals surface area contributed by atoms with Crippen LogP contribution in [0, 0.1) is 15.9 Å². The molecule has 2 aromatic rings. The highest BCUT2D eigenvalue weighted by Crippen LogP contribution is 2.31. The Hall–Kier alpha value is -2.22. The van der Waals surface area contributed by atoms with E-state index in [-0.39, 0.29) is 11.5 Å². The maximum Gasteiger partial charge on any atom is 0.311 e. The number of nitrogens with zero attached hydrogens (tertiary/aromatic N) is 2. The van der Waals surface area contributed by atoms with Gasteiger partial charge in [-0.3, -0.25) is 10.1 Å². The third-order valence-electron chi connectivity index (χ3n) is 2.61. The Balaban J connectivity index is 2.43. The Kier molecular flexibility index (Phi) is 4.69. The van der Waals surface area contributed by atoms with Gasteiger partial charge in [0.05, 0.1) is 10.6 Å². The highest BCUT2D eigenvalue weighted by atomic mass is 79.9. The minimum absolute atomic E-state index is 0.0461. The van der Waals surface area contributed by atoms with Gasteiger partial charge in [0.15, 0.2) is 0 Å². The average Bonchev–Trinajstić information content (AvgIpc) is 2.43. The summed E-state index contributed by atoms with van der Waals surface area (Å²) in [6.45, 7) is 2.52. The zero-order valence-electron chi connectivity index (χ0n) is 11.1. The summed E-state index contributed by atoms with van der Waals surface area (Å²) in [5, 5.41) is 16.8. The van der Waals surface area contributed by atoms with Crippen molar-refractivity contribution in [1.82, 2.24) is 4.98 Å². The molecule has 0 aliphatic rings. The molecule has 0 aliphatic carbocycles. The van der Waals surface area contributed by atoms with E-state index in [4.69, 9.17) is 0 Å². The fourth-order valence-corrected chi connectivity index (χ4v) is 2.04. The molecule has 2 N–H and O–H groups in total. The second-order valence-corrected chi connectivity index (χ2v) is 4.96. The minimum Gasteiger partial charge on any atom is -0.370 e. The SMILES string of the molecule is CCNc1ccc([N+](=O)[O-])c(Nc2cc(F)ccc2Br)n1. The predicted molar refractivity (Wildman–Crippen MR) is 82.4 cm³/mol. The van der Waals surface area contributed by atoms with Gasteiger partial charge in [0, 0.05) is 17.1 Å². The lowest BCUT2D eigenvalue weighted by Crippen LogP contribution is -2.05. The zero-order chi connectivity index (χ0) is 15.4. The van der Waals surface area contributed by atoms with Crippen LogP contribution in [0.1, 0.15) is 6.92 Å². The van der Waals surface area contributed by atoms with E-state index in [2.05, 4.69) is 31.5 Å². The van der Waals surface area contributed by atoms with E-state index < -0.39 is 10.7 Å². The van der Waals surface area contributed by atoms with Crippen LogP contribution in [0.25, 0.3) is 0 Å². The Bertz CT molecular complexity index is 681. The molecule has 6 nitrogen and oxygen atoms in total. The highest BCUT2D eigenvalue weighted by Gasteiger charge is 2.17. The summed E-state index contributed by atoms with van der Waals surface area (Å²) in [6, 6.07) is 6.90. The summed E-state index contributed by atoms with van der Waals surface area (Å²) < 4.78 is 13.9. The smallest absolute Gasteiger partial charge is 0.311 e. The number of nitrogens with one attached hydrogen (secondary N) is 2. The van der Waals surface area contributed by atoms with Crippen LogP contribution >= 0.6 is 15.9 Å². The molecule has 0 amide bonds. The summed E-state index contributed by atoms with van der Waals surface area (Å²) in [5.41, 5.74) is 0.173. The van der Waals surface area contributed by atoms with Gasteiger partial charge in [0.1, 0.15) is 11.6 Å². The van der Waals surface area contributed by atoms with Gasteiger partial charge < -0.3 is 10.6 Å².